The van der Waals surface area contributed by atoms with Gasteiger partial charge in [0.2, 0.25) is 0 Å². The summed E-state index contributed by atoms with van der Waals surface area (Å²) in [6, 6.07) is 11.6. The molecular weight excluding hydrogens is 374 g/mol. The molecule has 3 aromatic rings. The lowest BCUT2D eigenvalue weighted by Crippen LogP contribution is -2.06. The second-order valence-corrected chi connectivity index (χ2v) is 10.00. The Morgan fingerprint density at radius 3 is 2.00 bits per heavy atom. The van der Waals surface area contributed by atoms with Crippen LogP contribution in [0.25, 0.3) is 21.8 Å². The predicted molar refractivity (Wildman–Crippen MR) is 139 cm³/mol. The molecular formula is C30H45N. The number of aromatic nitrogens is 1. The number of fused-ring (bicyclic) bond motifs is 3. The zero-order chi connectivity index (χ0) is 22.1. The minimum atomic E-state index is 0.821. The van der Waals surface area contributed by atoms with E-state index in [1.165, 1.54) is 122 Å². The highest BCUT2D eigenvalue weighted by Gasteiger charge is 2.15. The van der Waals surface area contributed by atoms with Crippen LogP contribution < -0.4 is 0 Å². The van der Waals surface area contributed by atoms with Crippen LogP contribution in [-0.4, -0.2) is 4.98 Å². The van der Waals surface area contributed by atoms with Crippen molar-refractivity contribution in [3.05, 3.63) is 47.0 Å². The Hall–Kier alpha value is -1.76. The number of hydrogen-bond acceptors (Lipinski definition) is 0. The molecule has 3 rings (SSSR count). The fourth-order valence-corrected chi connectivity index (χ4v) is 5.24. The van der Waals surface area contributed by atoms with Crippen molar-refractivity contribution in [1.82, 2.24) is 4.98 Å². The minimum Gasteiger partial charge on any atom is -0.354 e. The van der Waals surface area contributed by atoms with E-state index in [2.05, 4.69) is 63.0 Å². The zero-order valence-corrected chi connectivity index (χ0v) is 20.7. The Bertz CT molecular complexity index is 932. The highest BCUT2D eigenvalue weighted by Crippen LogP contribution is 2.32. The summed E-state index contributed by atoms with van der Waals surface area (Å²) in [6.07, 6.45) is 17.9. The second kappa shape index (κ2) is 12.3. The van der Waals surface area contributed by atoms with Gasteiger partial charge in [-0.2, -0.15) is 0 Å². The van der Waals surface area contributed by atoms with Crippen molar-refractivity contribution in [3.8, 4) is 0 Å². The van der Waals surface area contributed by atoms with Gasteiger partial charge in [0.1, 0.15) is 0 Å². The maximum Gasteiger partial charge on any atom is 0.0497 e. The molecule has 0 amide bonds. The van der Waals surface area contributed by atoms with Crippen LogP contribution in [0.5, 0.6) is 0 Å². The molecule has 1 atom stereocenters. The third-order valence-electron chi connectivity index (χ3n) is 7.03. The van der Waals surface area contributed by atoms with E-state index in [1.54, 1.807) is 0 Å². The highest BCUT2D eigenvalue weighted by molar-refractivity contribution is 6.08. The molecule has 1 nitrogen and oxygen atoms in total. The number of H-pyrrole nitrogens is 1. The summed E-state index contributed by atoms with van der Waals surface area (Å²) in [5.41, 5.74) is 6.94. The maximum absolute atomic E-state index is 3.77. The Balaban J connectivity index is 1.75. The molecule has 0 saturated carbocycles. The van der Waals surface area contributed by atoms with E-state index < -0.39 is 0 Å². The van der Waals surface area contributed by atoms with Gasteiger partial charge in [0, 0.05) is 21.8 Å². The average molecular weight is 420 g/mol. The van der Waals surface area contributed by atoms with Gasteiger partial charge in [-0.3, -0.25) is 0 Å². The molecule has 0 radical (unpaired) electrons. The normalized spacial score (nSPS) is 12.8. The zero-order valence-electron chi connectivity index (χ0n) is 20.7. The van der Waals surface area contributed by atoms with E-state index in [1.807, 2.05) is 0 Å². The molecule has 0 aliphatic carbocycles. The van der Waals surface area contributed by atoms with Gasteiger partial charge in [-0.15, -0.1) is 0 Å². The first-order valence-electron chi connectivity index (χ1n) is 13.1. The molecule has 0 saturated heterocycles. The van der Waals surface area contributed by atoms with Crippen molar-refractivity contribution in [2.45, 2.75) is 111 Å². The first-order valence-corrected chi connectivity index (χ1v) is 13.1. The molecule has 31 heavy (non-hydrogen) atoms. The van der Waals surface area contributed by atoms with Gasteiger partial charge in [-0.1, -0.05) is 114 Å². The summed E-state index contributed by atoms with van der Waals surface area (Å²) in [5, 5.41) is 2.80. The lowest BCUT2D eigenvalue weighted by molar-refractivity contribution is 0.403. The minimum absolute atomic E-state index is 0.821. The van der Waals surface area contributed by atoms with Crippen LogP contribution in [0.1, 0.15) is 108 Å². The molecule has 2 aromatic carbocycles. The number of hydrogen-bond donors (Lipinski definition) is 1. The molecule has 1 N–H and O–H groups in total. The maximum atomic E-state index is 3.77. The fourth-order valence-electron chi connectivity index (χ4n) is 5.24. The molecule has 0 spiro atoms. The quantitative estimate of drug-likeness (QED) is 0.250. The molecule has 170 valence electrons. The van der Waals surface area contributed by atoms with Crippen LogP contribution in [0.2, 0.25) is 0 Å². The summed E-state index contributed by atoms with van der Waals surface area (Å²) < 4.78 is 0. The Morgan fingerprint density at radius 2 is 1.29 bits per heavy atom. The average Bonchev–Trinajstić information content (AvgIpc) is 3.11. The third kappa shape index (κ3) is 6.86. The third-order valence-corrected chi connectivity index (χ3v) is 7.03. The molecule has 1 aromatic heterocycles. The number of nitrogens with one attached hydrogen (secondary N) is 1. The van der Waals surface area contributed by atoms with Gasteiger partial charge in [0.05, 0.1) is 0 Å². The summed E-state index contributed by atoms with van der Waals surface area (Å²) in [5.74, 6) is 0.821. The van der Waals surface area contributed by atoms with Crippen molar-refractivity contribution in [2.75, 3.05) is 0 Å². The summed E-state index contributed by atoms with van der Waals surface area (Å²) in [4.78, 5) is 3.77. The Kier molecular flexibility index (Phi) is 9.50. The molecule has 1 heterocycles. The van der Waals surface area contributed by atoms with Gasteiger partial charge in [0.25, 0.3) is 0 Å². The second-order valence-electron chi connectivity index (χ2n) is 10.00. The Morgan fingerprint density at radius 1 is 0.677 bits per heavy atom. The van der Waals surface area contributed by atoms with Crippen molar-refractivity contribution < 1.29 is 0 Å². The number of aryl methyl sites for hydroxylation is 2. The molecule has 1 unspecified atom stereocenters. The molecule has 1 heteroatoms. The van der Waals surface area contributed by atoms with Crippen molar-refractivity contribution in [2.24, 2.45) is 5.92 Å². The standard InChI is InChI=1S/C30H45N/c1-5-7-9-11-12-14-16-25(15-13-10-8-6-2)22-26-19-24(4)21-28-27-20-23(3)17-18-29(27)31-30(26)28/h17-21,25,31H,5-16,22H2,1-4H3. The molecule has 0 bridgehead atoms. The number of rotatable bonds is 14. The van der Waals surface area contributed by atoms with E-state index in [4.69, 9.17) is 0 Å². The number of aromatic amines is 1. The van der Waals surface area contributed by atoms with E-state index in [-0.39, 0.29) is 0 Å². The van der Waals surface area contributed by atoms with E-state index in [0.717, 1.165) is 5.92 Å². The molecule has 0 fully saturated rings. The van der Waals surface area contributed by atoms with Gasteiger partial charge < -0.3 is 4.98 Å². The lowest BCUT2D eigenvalue weighted by Gasteiger charge is -2.18. The monoisotopic (exact) mass is 419 g/mol. The van der Waals surface area contributed by atoms with Gasteiger partial charge in [-0.05, 0) is 49.9 Å². The number of benzene rings is 2. The van der Waals surface area contributed by atoms with E-state index in [0.29, 0.717) is 0 Å². The first-order chi connectivity index (χ1) is 15.1. The summed E-state index contributed by atoms with van der Waals surface area (Å²) in [6.45, 7) is 9.08. The summed E-state index contributed by atoms with van der Waals surface area (Å²) in [7, 11) is 0. The van der Waals surface area contributed by atoms with Gasteiger partial charge >= 0.3 is 0 Å². The summed E-state index contributed by atoms with van der Waals surface area (Å²) >= 11 is 0. The van der Waals surface area contributed by atoms with Crippen molar-refractivity contribution in [1.29, 1.82) is 0 Å². The molecule has 0 aliphatic heterocycles. The van der Waals surface area contributed by atoms with Crippen LogP contribution in [0.15, 0.2) is 30.3 Å². The van der Waals surface area contributed by atoms with Crippen LogP contribution in [0.3, 0.4) is 0 Å². The van der Waals surface area contributed by atoms with Crippen LogP contribution in [0.4, 0.5) is 0 Å². The fraction of sp³-hybridized carbons (Fsp3) is 0.600. The van der Waals surface area contributed by atoms with Gasteiger partial charge in [0.15, 0.2) is 0 Å². The predicted octanol–water partition coefficient (Wildman–Crippen LogP) is 9.82. The van der Waals surface area contributed by atoms with Crippen LogP contribution >= 0.6 is 0 Å². The highest BCUT2D eigenvalue weighted by atomic mass is 14.7. The van der Waals surface area contributed by atoms with Crippen LogP contribution in [0, 0.1) is 19.8 Å². The Labute approximate surface area is 191 Å². The number of unbranched alkanes of at least 4 members (excludes halogenated alkanes) is 8. The van der Waals surface area contributed by atoms with Crippen LogP contribution in [-0.2, 0) is 6.42 Å². The topological polar surface area (TPSA) is 15.8 Å². The molecule has 0 aliphatic rings. The first kappa shape index (κ1) is 23.9. The smallest absolute Gasteiger partial charge is 0.0497 e. The van der Waals surface area contributed by atoms with E-state index >= 15 is 0 Å². The van der Waals surface area contributed by atoms with E-state index in [9.17, 15) is 0 Å². The SMILES string of the molecule is CCCCCCCCC(CCCCCC)Cc1cc(C)cc2c1[nH]c1ccc(C)cc12. The van der Waals surface area contributed by atoms with Crippen molar-refractivity contribution >= 4 is 21.8 Å². The largest absolute Gasteiger partial charge is 0.354 e. The lowest BCUT2D eigenvalue weighted by atomic mass is 9.87. The van der Waals surface area contributed by atoms with Gasteiger partial charge in [-0.25, -0.2) is 0 Å². The van der Waals surface area contributed by atoms with Crippen molar-refractivity contribution in [3.63, 3.8) is 0 Å².